The van der Waals surface area contributed by atoms with Gasteiger partial charge in [0.1, 0.15) is 11.6 Å². The van der Waals surface area contributed by atoms with Crippen LogP contribution in [0.2, 0.25) is 5.02 Å². The maximum atomic E-state index is 13.2. The van der Waals surface area contributed by atoms with E-state index in [2.05, 4.69) is 20.6 Å². The number of imide groups is 1. The lowest BCUT2D eigenvalue weighted by atomic mass is 9.96. The van der Waals surface area contributed by atoms with Crippen molar-refractivity contribution in [3.8, 4) is 5.88 Å². The van der Waals surface area contributed by atoms with Crippen molar-refractivity contribution in [2.24, 2.45) is 0 Å². The van der Waals surface area contributed by atoms with Crippen LogP contribution in [0, 0.1) is 0 Å². The summed E-state index contributed by atoms with van der Waals surface area (Å²) < 4.78 is 35.4. The molecule has 0 bridgehead atoms. The van der Waals surface area contributed by atoms with E-state index in [4.69, 9.17) is 16.3 Å². The molecule has 13 heteroatoms. The zero-order valence-electron chi connectivity index (χ0n) is 17.8. The topological polar surface area (TPSA) is 136 Å². The molecule has 4 rings (SSSR count). The molecule has 2 fully saturated rings. The predicted octanol–water partition coefficient (Wildman–Crippen LogP) is 1.16. The number of hydrogen-bond donors (Lipinski definition) is 2. The van der Waals surface area contributed by atoms with E-state index in [1.54, 1.807) is 30.9 Å². The Morgan fingerprint density at radius 1 is 1.24 bits per heavy atom. The second-order valence-electron chi connectivity index (χ2n) is 8.18. The van der Waals surface area contributed by atoms with E-state index in [0.717, 1.165) is 0 Å². The second-order valence-corrected chi connectivity index (χ2v) is 10.6. The fraction of sp³-hybridized carbons (Fsp3) is 0.500. The van der Waals surface area contributed by atoms with Gasteiger partial charge in [0.15, 0.2) is 0 Å². The first-order valence-electron chi connectivity index (χ1n) is 10.6. The van der Waals surface area contributed by atoms with E-state index in [1.807, 2.05) is 4.57 Å². The van der Waals surface area contributed by atoms with Crippen molar-refractivity contribution in [3.63, 3.8) is 0 Å². The number of sulfonamides is 1. The average Bonchev–Trinajstić information content (AvgIpc) is 3.37. The summed E-state index contributed by atoms with van der Waals surface area (Å²) in [6.07, 6.45) is 8.01. The number of urea groups is 1. The van der Waals surface area contributed by atoms with Crippen molar-refractivity contribution < 1.29 is 22.7 Å². The minimum absolute atomic E-state index is 0.177. The van der Waals surface area contributed by atoms with Gasteiger partial charge in [0, 0.05) is 44.3 Å². The molecule has 178 valence electrons. The van der Waals surface area contributed by atoms with Crippen LogP contribution in [0.25, 0.3) is 0 Å². The molecule has 1 atom stereocenters. The number of amides is 3. The number of pyridine rings is 1. The molecule has 2 saturated heterocycles. The van der Waals surface area contributed by atoms with Gasteiger partial charge in [0.05, 0.1) is 17.1 Å². The van der Waals surface area contributed by atoms with Crippen LogP contribution in [0.1, 0.15) is 25.7 Å². The van der Waals surface area contributed by atoms with Crippen LogP contribution in [0.15, 0.2) is 37.1 Å². The first-order chi connectivity index (χ1) is 15.8. The maximum absolute atomic E-state index is 13.2. The van der Waals surface area contributed by atoms with Crippen molar-refractivity contribution in [1.82, 2.24) is 29.5 Å². The number of piperidine rings is 1. The standard InChI is InChI=1S/C20H25ClN6O5S/c21-15-2-3-17(23-12-15)32-16-4-9-27(10-5-16)33(30,31)13-20(18(28)24-19(29)25-20)6-1-8-26-11-7-22-14-26/h2-3,7,11-12,14,16H,1,4-6,8-10,13H2,(H2,24,25,28,29). The van der Waals surface area contributed by atoms with Gasteiger partial charge in [-0.3, -0.25) is 10.1 Å². The third-order valence-electron chi connectivity index (χ3n) is 5.80. The summed E-state index contributed by atoms with van der Waals surface area (Å²) in [6.45, 7) is 1.05. The number of nitrogens with zero attached hydrogens (tertiary/aromatic N) is 4. The third-order valence-corrected chi connectivity index (χ3v) is 8.04. The molecule has 11 nitrogen and oxygen atoms in total. The zero-order chi connectivity index (χ0) is 23.5. The van der Waals surface area contributed by atoms with E-state index >= 15 is 0 Å². The number of hydrogen-bond acceptors (Lipinski definition) is 7. The van der Waals surface area contributed by atoms with Crippen LogP contribution < -0.4 is 15.4 Å². The van der Waals surface area contributed by atoms with E-state index in [1.165, 1.54) is 10.5 Å². The molecule has 33 heavy (non-hydrogen) atoms. The van der Waals surface area contributed by atoms with Crippen LogP contribution in [0.3, 0.4) is 0 Å². The Morgan fingerprint density at radius 3 is 2.64 bits per heavy atom. The second kappa shape index (κ2) is 9.65. The molecule has 1 unspecified atom stereocenters. The van der Waals surface area contributed by atoms with Crippen molar-refractivity contribution >= 4 is 33.6 Å². The molecule has 2 aromatic rings. The smallest absolute Gasteiger partial charge is 0.322 e. The molecular weight excluding hydrogens is 472 g/mol. The van der Waals surface area contributed by atoms with Gasteiger partial charge in [-0.1, -0.05) is 11.6 Å². The van der Waals surface area contributed by atoms with E-state index in [-0.39, 0.29) is 25.6 Å². The number of ether oxygens (including phenoxy) is 1. The summed E-state index contributed by atoms with van der Waals surface area (Å²) >= 11 is 5.83. The highest BCUT2D eigenvalue weighted by molar-refractivity contribution is 7.89. The SMILES string of the molecule is O=C1NC(=O)C(CCCn2ccnc2)(CS(=O)(=O)N2CCC(Oc3ccc(Cl)cn3)CC2)N1. The van der Waals surface area contributed by atoms with Gasteiger partial charge >= 0.3 is 6.03 Å². The number of halogens is 1. The van der Waals surface area contributed by atoms with Gasteiger partial charge < -0.3 is 14.6 Å². The summed E-state index contributed by atoms with van der Waals surface area (Å²) in [5, 5.41) is 5.26. The summed E-state index contributed by atoms with van der Waals surface area (Å²) in [4.78, 5) is 32.5. The maximum Gasteiger partial charge on any atom is 0.322 e. The summed E-state index contributed by atoms with van der Waals surface area (Å²) in [6, 6.07) is 2.66. The number of rotatable bonds is 9. The Kier molecular flexibility index (Phi) is 6.86. The van der Waals surface area contributed by atoms with Gasteiger partial charge in [0.25, 0.3) is 5.91 Å². The molecule has 0 aliphatic carbocycles. The average molecular weight is 497 g/mol. The Hall–Kier alpha value is -2.70. The lowest BCUT2D eigenvalue weighted by Gasteiger charge is -2.34. The highest BCUT2D eigenvalue weighted by Gasteiger charge is 2.50. The number of aryl methyl sites for hydroxylation is 1. The van der Waals surface area contributed by atoms with E-state index in [9.17, 15) is 18.0 Å². The number of nitrogens with one attached hydrogen (secondary N) is 2. The third kappa shape index (κ3) is 5.63. The monoisotopic (exact) mass is 496 g/mol. The number of carbonyl (C=O) groups excluding carboxylic acids is 2. The van der Waals surface area contributed by atoms with Gasteiger partial charge in [0.2, 0.25) is 15.9 Å². The molecule has 0 saturated carbocycles. The summed E-state index contributed by atoms with van der Waals surface area (Å²) in [5.74, 6) is -0.678. The first kappa shape index (κ1) is 23.5. The largest absolute Gasteiger partial charge is 0.474 e. The number of aromatic nitrogens is 3. The molecule has 2 aromatic heterocycles. The molecule has 2 N–H and O–H groups in total. The Balaban J connectivity index is 1.37. The van der Waals surface area contributed by atoms with Crippen molar-refractivity contribution in [2.45, 2.75) is 43.9 Å². The number of carbonyl (C=O) groups is 2. The van der Waals surface area contributed by atoms with Gasteiger partial charge in [-0.15, -0.1) is 0 Å². The zero-order valence-corrected chi connectivity index (χ0v) is 19.4. The number of imidazole rings is 1. The lowest BCUT2D eigenvalue weighted by Crippen LogP contribution is -2.55. The molecule has 3 amide bonds. The van der Waals surface area contributed by atoms with Crippen LogP contribution in [0.4, 0.5) is 4.79 Å². The van der Waals surface area contributed by atoms with E-state index < -0.39 is 33.3 Å². The Bertz CT molecular complexity index is 1090. The molecule has 0 radical (unpaired) electrons. The van der Waals surface area contributed by atoms with Gasteiger partial charge in [-0.2, -0.15) is 0 Å². The fourth-order valence-corrected chi connectivity index (χ4v) is 6.13. The van der Waals surface area contributed by atoms with Crippen LogP contribution in [0.5, 0.6) is 5.88 Å². The molecule has 2 aliphatic rings. The van der Waals surface area contributed by atoms with Crippen LogP contribution >= 0.6 is 11.6 Å². The highest BCUT2D eigenvalue weighted by Crippen LogP contribution is 2.25. The van der Waals surface area contributed by atoms with Crippen LogP contribution in [-0.4, -0.2) is 69.7 Å². The first-order valence-corrected chi connectivity index (χ1v) is 12.6. The van der Waals surface area contributed by atoms with E-state index in [0.29, 0.717) is 36.7 Å². The van der Waals surface area contributed by atoms with Crippen molar-refractivity contribution in [1.29, 1.82) is 0 Å². The fourth-order valence-electron chi connectivity index (χ4n) is 4.09. The Labute approximate surface area is 196 Å². The molecule has 0 aromatic carbocycles. The predicted molar refractivity (Wildman–Crippen MR) is 119 cm³/mol. The summed E-state index contributed by atoms with van der Waals surface area (Å²) in [7, 11) is -3.82. The van der Waals surface area contributed by atoms with Gasteiger partial charge in [-0.25, -0.2) is 27.5 Å². The quantitative estimate of drug-likeness (QED) is 0.497. The molecule has 2 aliphatic heterocycles. The minimum atomic E-state index is -3.82. The molecule has 0 spiro atoms. The lowest BCUT2D eigenvalue weighted by molar-refractivity contribution is -0.123. The minimum Gasteiger partial charge on any atom is -0.474 e. The van der Waals surface area contributed by atoms with Crippen molar-refractivity contribution in [2.75, 3.05) is 18.8 Å². The molecule has 4 heterocycles. The van der Waals surface area contributed by atoms with Crippen LogP contribution in [-0.2, 0) is 21.4 Å². The van der Waals surface area contributed by atoms with Gasteiger partial charge in [-0.05, 0) is 31.7 Å². The normalized spacial score (nSPS) is 22.2. The molecular formula is C20H25ClN6O5S. The Morgan fingerprint density at radius 2 is 2.03 bits per heavy atom. The highest BCUT2D eigenvalue weighted by atomic mass is 35.5. The summed E-state index contributed by atoms with van der Waals surface area (Å²) in [5.41, 5.74) is -1.50. The van der Waals surface area contributed by atoms with Crippen molar-refractivity contribution in [3.05, 3.63) is 42.1 Å².